The third-order valence-corrected chi connectivity index (χ3v) is 10.9. The van der Waals surface area contributed by atoms with Gasteiger partial charge in [0.05, 0.1) is 22.2 Å². The number of likely N-dealkylation sites (N-methyl/N-ethyl adjacent to an activating group) is 1. The topological polar surface area (TPSA) is 87.6 Å². The van der Waals surface area contributed by atoms with Gasteiger partial charge in [0.1, 0.15) is 35.6 Å². The Kier molecular flexibility index (Phi) is 9.39. The first kappa shape index (κ1) is 35.4. The number of hydrogen-bond acceptors (Lipinski definition) is 8. The molecule has 0 bridgehead atoms. The van der Waals surface area contributed by atoms with Crippen molar-refractivity contribution in [1.82, 2.24) is 29.7 Å². The number of rotatable bonds is 9. The molecule has 276 valence electrons. The summed E-state index contributed by atoms with van der Waals surface area (Å²) >= 11 is 0. The van der Waals surface area contributed by atoms with Crippen LogP contribution in [-0.4, -0.2) is 92.7 Å². The second kappa shape index (κ2) is 14.3. The number of amides is 1. The number of aromatic nitrogens is 4. The first-order chi connectivity index (χ1) is 26.2. The van der Waals surface area contributed by atoms with Gasteiger partial charge in [0, 0.05) is 68.1 Å². The van der Waals surface area contributed by atoms with E-state index in [1.807, 2.05) is 11.8 Å². The van der Waals surface area contributed by atoms with Crippen molar-refractivity contribution in [3.05, 3.63) is 89.6 Å². The summed E-state index contributed by atoms with van der Waals surface area (Å²) in [7, 11) is 0. The SMILES string of the molecule is C#Cc1c(F)ccc2cccc(-c3ncc4c(N(CC)[C@@H]5CCN(C(=O)/C(F)=C/c6ccccn6)C5)nc(OC[C@@]56CCCN5C[C@H](F)C6)nc4c3F)c12. The van der Waals surface area contributed by atoms with E-state index < -0.39 is 35.1 Å². The number of hydrogen-bond donors (Lipinski definition) is 0. The van der Waals surface area contributed by atoms with Gasteiger partial charge in [0.25, 0.3) is 5.91 Å². The Morgan fingerprint density at radius 3 is 2.78 bits per heavy atom. The molecule has 0 aliphatic carbocycles. The minimum Gasteiger partial charge on any atom is -0.461 e. The molecule has 3 atom stereocenters. The van der Waals surface area contributed by atoms with Gasteiger partial charge in [-0.1, -0.05) is 36.3 Å². The molecule has 9 nitrogen and oxygen atoms in total. The van der Waals surface area contributed by atoms with Crippen LogP contribution in [0.3, 0.4) is 0 Å². The van der Waals surface area contributed by atoms with E-state index >= 15 is 8.78 Å². The van der Waals surface area contributed by atoms with Crippen molar-refractivity contribution < 1.29 is 27.1 Å². The lowest BCUT2D eigenvalue weighted by Gasteiger charge is -2.32. The zero-order valence-corrected chi connectivity index (χ0v) is 29.6. The number of alkyl halides is 1. The van der Waals surface area contributed by atoms with Crippen molar-refractivity contribution in [2.45, 2.75) is 50.4 Å². The van der Waals surface area contributed by atoms with Crippen molar-refractivity contribution in [2.24, 2.45) is 0 Å². The predicted octanol–water partition coefficient (Wildman–Crippen LogP) is 6.89. The number of nitrogens with zero attached hydrogens (tertiary/aromatic N) is 7. The van der Waals surface area contributed by atoms with E-state index in [2.05, 4.69) is 25.8 Å². The maximum Gasteiger partial charge on any atom is 0.319 e. The molecule has 5 aromatic rings. The van der Waals surface area contributed by atoms with Crippen molar-refractivity contribution in [3.8, 4) is 29.6 Å². The lowest BCUT2D eigenvalue weighted by atomic mass is 9.95. The molecular formula is C41H37F4N7O2. The number of terminal acetylenes is 1. The van der Waals surface area contributed by atoms with E-state index in [9.17, 15) is 13.6 Å². The molecular weight excluding hydrogens is 698 g/mol. The van der Waals surface area contributed by atoms with E-state index in [4.69, 9.17) is 16.1 Å². The molecule has 8 rings (SSSR count). The van der Waals surface area contributed by atoms with Crippen LogP contribution >= 0.6 is 0 Å². The second-order valence-electron chi connectivity index (χ2n) is 14.1. The first-order valence-electron chi connectivity index (χ1n) is 18.1. The summed E-state index contributed by atoms with van der Waals surface area (Å²) < 4.78 is 68.0. The lowest BCUT2D eigenvalue weighted by molar-refractivity contribution is -0.127. The second-order valence-corrected chi connectivity index (χ2v) is 14.1. The fraction of sp³-hybridized carbons (Fsp3) is 0.341. The summed E-state index contributed by atoms with van der Waals surface area (Å²) in [5.74, 6) is -0.355. The molecule has 0 spiro atoms. The molecule has 0 N–H and O–H groups in total. The molecule has 0 radical (unpaired) electrons. The highest BCUT2D eigenvalue weighted by molar-refractivity contribution is 6.02. The summed E-state index contributed by atoms with van der Waals surface area (Å²) in [6.07, 6.45) is 11.3. The van der Waals surface area contributed by atoms with E-state index in [1.54, 1.807) is 42.5 Å². The molecule has 0 saturated carbocycles. The van der Waals surface area contributed by atoms with Gasteiger partial charge in [0.15, 0.2) is 11.6 Å². The van der Waals surface area contributed by atoms with Gasteiger partial charge >= 0.3 is 6.01 Å². The minimum atomic E-state index is -0.973. The summed E-state index contributed by atoms with van der Waals surface area (Å²) in [6, 6.07) is 12.6. The molecule has 3 aliphatic heterocycles. The average molecular weight is 736 g/mol. The van der Waals surface area contributed by atoms with Gasteiger partial charge < -0.3 is 14.5 Å². The highest BCUT2D eigenvalue weighted by atomic mass is 19.1. The highest BCUT2D eigenvalue weighted by Gasteiger charge is 2.49. The Morgan fingerprint density at radius 2 is 1.98 bits per heavy atom. The number of halogens is 4. The van der Waals surface area contributed by atoms with Crippen molar-refractivity contribution in [1.29, 1.82) is 0 Å². The monoisotopic (exact) mass is 735 g/mol. The number of carbonyl (C=O) groups excluding carboxylic acids is 1. The van der Waals surface area contributed by atoms with E-state index in [-0.39, 0.29) is 53.9 Å². The highest BCUT2D eigenvalue weighted by Crippen LogP contribution is 2.41. The van der Waals surface area contributed by atoms with Crippen molar-refractivity contribution >= 4 is 39.5 Å². The molecule has 54 heavy (non-hydrogen) atoms. The summed E-state index contributed by atoms with van der Waals surface area (Å²) in [5, 5.41) is 1.24. The standard InChI is InChI=1S/C41H37F4N7O2/c1-3-29-32(43)13-12-25-9-7-11-30(34(25)29)36-35(45)37-31(21-47-36)38(49-40(48-37)54-24-41-15-8-17-51(41)22-26(42)20-41)52(4-2)28-14-18-50(23-28)39(53)33(44)19-27-10-5-6-16-46-27/h1,5-7,9-13,16,19,21,26,28H,4,8,14-15,17-18,20,22-24H2,2H3/b33-19-/t26-,28-,41+/m1/s1. The van der Waals surface area contributed by atoms with Crippen LogP contribution in [0.4, 0.5) is 23.4 Å². The molecule has 6 heterocycles. The third-order valence-electron chi connectivity index (χ3n) is 10.9. The van der Waals surface area contributed by atoms with Crippen molar-refractivity contribution in [2.75, 3.05) is 44.2 Å². The van der Waals surface area contributed by atoms with Gasteiger partial charge in [0.2, 0.25) is 0 Å². The van der Waals surface area contributed by atoms with Crippen LogP contribution in [0.15, 0.2) is 66.8 Å². The Hall–Kier alpha value is -5.61. The van der Waals surface area contributed by atoms with Crippen LogP contribution < -0.4 is 9.64 Å². The Balaban J connectivity index is 1.19. The number of pyridine rings is 2. The van der Waals surface area contributed by atoms with Crippen LogP contribution in [0.25, 0.3) is 39.0 Å². The quantitative estimate of drug-likeness (QED) is 0.0920. The maximum absolute atomic E-state index is 17.0. The number of ether oxygens (including phenoxy) is 1. The average Bonchev–Trinajstić information content (AvgIpc) is 3.89. The Bertz CT molecular complexity index is 2330. The number of anilines is 1. The molecule has 3 saturated heterocycles. The zero-order chi connectivity index (χ0) is 37.6. The van der Waals surface area contributed by atoms with Crippen LogP contribution in [0.5, 0.6) is 6.01 Å². The van der Waals surface area contributed by atoms with Gasteiger partial charge in [-0.3, -0.25) is 19.7 Å². The number of fused-ring (bicyclic) bond motifs is 3. The van der Waals surface area contributed by atoms with Crippen molar-refractivity contribution in [3.63, 3.8) is 0 Å². The number of benzene rings is 2. The van der Waals surface area contributed by atoms with Crippen LogP contribution in [0.2, 0.25) is 0 Å². The summed E-state index contributed by atoms with van der Waals surface area (Å²) in [6.45, 7) is 3.97. The Labute approximate surface area is 309 Å². The van der Waals surface area contributed by atoms with E-state index in [0.29, 0.717) is 53.8 Å². The molecule has 2 aromatic carbocycles. The fourth-order valence-electron chi connectivity index (χ4n) is 8.40. The molecule has 13 heteroatoms. The zero-order valence-electron chi connectivity index (χ0n) is 29.6. The summed E-state index contributed by atoms with van der Waals surface area (Å²) in [4.78, 5) is 36.6. The van der Waals surface area contributed by atoms with E-state index in [0.717, 1.165) is 25.5 Å². The smallest absolute Gasteiger partial charge is 0.319 e. The fourth-order valence-corrected chi connectivity index (χ4v) is 8.40. The lowest BCUT2D eigenvalue weighted by Crippen LogP contribution is -2.43. The Morgan fingerprint density at radius 1 is 1.11 bits per heavy atom. The van der Waals surface area contributed by atoms with Crippen LogP contribution in [0.1, 0.15) is 43.9 Å². The van der Waals surface area contributed by atoms with Gasteiger partial charge in [-0.2, -0.15) is 9.97 Å². The van der Waals surface area contributed by atoms with Crippen LogP contribution in [0, 0.1) is 24.0 Å². The largest absolute Gasteiger partial charge is 0.461 e. The first-order valence-corrected chi connectivity index (χ1v) is 18.1. The van der Waals surface area contributed by atoms with E-state index in [1.165, 1.54) is 23.4 Å². The normalized spacial score (nSPS) is 21.5. The number of likely N-dealkylation sites (tertiary alicyclic amines) is 1. The molecule has 3 aliphatic rings. The van der Waals surface area contributed by atoms with Crippen LogP contribution in [-0.2, 0) is 4.79 Å². The van der Waals surface area contributed by atoms with Gasteiger partial charge in [-0.05, 0) is 56.3 Å². The summed E-state index contributed by atoms with van der Waals surface area (Å²) in [5.41, 5.74) is -0.0723. The minimum absolute atomic E-state index is 0.0105. The van der Waals surface area contributed by atoms with Gasteiger partial charge in [-0.15, -0.1) is 6.42 Å². The number of carbonyl (C=O) groups is 1. The maximum atomic E-state index is 17.0. The molecule has 0 unspecified atom stereocenters. The molecule has 3 fully saturated rings. The predicted molar refractivity (Wildman–Crippen MR) is 198 cm³/mol. The molecule has 3 aromatic heterocycles. The molecule has 1 amide bonds. The van der Waals surface area contributed by atoms with Gasteiger partial charge in [-0.25, -0.2) is 17.6 Å². The third kappa shape index (κ3) is 6.28.